The van der Waals surface area contributed by atoms with Gasteiger partial charge in [0.2, 0.25) is 0 Å². The zero-order valence-corrected chi connectivity index (χ0v) is 11.8. The molecule has 0 atom stereocenters. The Morgan fingerprint density at radius 1 is 1.32 bits per heavy atom. The van der Waals surface area contributed by atoms with Crippen LogP contribution in [0.3, 0.4) is 0 Å². The van der Waals surface area contributed by atoms with E-state index >= 15 is 0 Å². The molecule has 0 aliphatic carbocycles. The van der Waals surface area contributed by atoms with Crippen LogP contribution in [0.4, 0.5) is 11.4 Å². The number of aryl methyl sites for hydroxylation is 1. The Balaban J connectivity index is 2.03. The van der Waals surface area contributed by atoms with Gasteiger partial charge in [0.1, 0.15) is 0 Å². The summed E-state index contributed by atoms with van der Waals surface area (Å²) < 4.78 is 1.82. The van der Waals surface area contributed by atoms with Gasteiger partial charge in [0.15, 0.2) is 0 Å². The lowest BCUT2D eigenvalue weighted by Crippen LogP contribution is -2.16. The molecule has 0 saturated carbocycles. The lowest BCUT2D eigenvalue weighted by atomic mass is 10.3. The molecule has 0 saturated heterocycles. The van der Waals surface area contributed by atoms with Gasteiger partial charge in [-0.2, -0.15) is 5.10 Å². The molecule has 0 aromatic carbocycles. The fourth-order valence-corrected chi connectivity index (χ4v) is 1.92. The van der Waals surface area contributed by atoms with Crippen LogP contribution >= 0.6 is 0 Å². The van der Waals surface area contributed by atoms with Gasteiger partial charge in [-0.3, -0.25) is 9.67 Å². The smallest absolute Gasteiger partial charge is 0.0573 e. The largest absolute Gasteiger partial charge is 0.384 e. The predicted molar refractivity (Wildman–Crippen MR) is 78.3 cm³/mol. The number of hydrogen-bond acceptors (Lipinski definition) is 4. The van der Waals surface area contributed by atoms with Crippen LogP contribution in [0.25, 0.3) is 0 Å². The summed E-state index contributed by atoms with van der Waals surface area (Å²) >= 11 is 0. The molecule has 19 heavy (non-hydrogen) atoms. The van der Waals surface area contributed by atoms with E-state index in [4.69, 9.17) is 0 Å². The lowest BCUT2D eigenvalue weighted by Gasteiger charge is -2.19. The number of pyridine rings is 1. The van der Waals surface area contributed by atoms with E-state index in [9.17, 15) is 0 Å². The third-order valence-corrected chi connectivity index (χ3v) is 2.92. The predicted octanol–water partition coefficient (Wildman–Crippen LogP) is 2.27. The molecular formula is C14H21N5. The van der Waals surface area contributed by atoms with Crippen LogP contribution in [0, 0.1) is 0 Å². The highest BCUT2D eigenvalue weighted by Crippen LogP contribution is 2.18. The van der Waals surface area contributed by atoms with Crippen LogP contribution in [0.5, 0.6) is 0 Å². The van der Waals surface area contributed by atoms with Crippen LogP contribution in [0.15, 0.2) is 30.9 Å². The van der Waals surface area contributed by atoms with E-state index in [2.05, 4.69) is 40.3 Å². The van der Waals surface area contributed by atoms with E-state index < -0.39 is 0 Å². The van der Waals surface area contributed by atoms with Crippen LogP contribution in [-0.2, 0) is 13.6 Å². The Kier molecular flexibility index (Phi) is 4.39. The highest BCUT2D eigenvalue weighted by Gasteiger charge is 2.05. The first-order valence-corrected chi connectivity index (χ1v) is 6.56. The summed E-state index contributed by atoms with van der Waals surface area (Å²) in [5.74, 6) is 0. The highest BCUT2D eigenvalue weighted by molar-refractivity contribution is 5.55. The summed E-state index contributed by atoms with van der Waals surface area (Å²) in [6, 6.07) is 2.12. The molecule has 0 aliphatic heterocycles. The van der Waals surface area contributed by atoms with E-state index in [1.54, 1.807) is 0 Å². The number of hydrogen-bond donors (Lipinski definition) is 1. The zero-order valence-electron chi connectivity index (χ0n) is 11.8. The topological polar surface area (TPSA) is 46.0 Å². The average Bonchev–Trinajstić information content (AvgIpc) is 2.82. The molecule has 0 amide bonds. The summed E-state index contributed by atoms with van der Waals surface area (Å²) in [4.78, 5) is 6.45. The number of nitrogens with zero attached hydrogens (tertiary/aromatic N) is 4. The van der Waals surface area contributed by atoms with Crippen molar-refractivity contribution in [1.82, 2.24) is 14.8 Å². The van der Waals surface area contributed by atoms with Crippen molar-refractivity contribution < 1.29 is 0 Å². The Bertz CT molecular complexity index is 520. The van der Waals surface area contributed by atoms with Gasteiger partial charge in [0.25, 0.3) is 0 Å². The van der Waals surface area contributed by atoms with Gasteiger partial charge < -0.3 is 10.2 Å². The average molecular weight is 259 g/mol. The third kappa shape index (κ3) is 3.71. The molecule has 2 heterocycles. The molecule has 0 spiro atoms. The number of anilines is 2. The van der Waals surface area contributed by atoms with Crippen molar-refractivity contribution in [2.24, 2.45) is 7.05 Å². The second kappa shape index (κ2) is 6.22. The number of rotatable bonds is 6. The van der Waals surface area contributed by atoms with Crippen molar-refractivity contribution in [2.45, 2.75) is 19.9 Å². The summed E-state index contributed by atoms with van der Waals surface area (Å²) in [7, 11) is 3.99. The van der Waals surface area contributed by atoms with E-state index in [-0.39, 0.29) is 0 Å². The first-order valence-electron chi connectivity index (χ1n) is 6.56. The lowest BCUT2D eigenvalue weighted by molar-refractivity contribution is 0.766. The Morgan fingerprint density at radius 3 is 2.84 bits per heavy atom. The monoisotopic (exact) mass is 259 g/mol. The van der Waals surface area contributed by atoms with Crippen molar-refractivity contribution >= 4 is 11.4 Å². The number of aromatic nitrogens is 3. The molecule has 0 fully saturated rings. The molecule has 2 aromatic rings. The van der Waals surface area contributed by atoms with Gasteiger partial charge in [0.05, 0.1) is 30.0 Å². The van der Waals surface area contributed by atoms with Gasteiger partial charge in [-0.1, -0.05) is 6.92 Å². The molecular weight excluding hydrogens is 238 g/mol. The third-order valence-electron chi connectivity index (χ3n) is 2.92. The van der Waals surface area contributed by atoms with Crippen molar-refractivity contribution in [3.05, 3.63) is 36.4 Å². The Morgan fingerprint density at radius 2 is 2.16 bits per heavy atom. The Hall–Kier alpha value is -2.04. The maximum absolute atomic E-state index is 4.28. The van der Waals surface area contributed by atoms with Crippen LogP contribution in [0.1, 0.15) is 18.9 Å². The summed E-state index contributed by atoms with van der Waals surface area (Å²) in [6.07, 6.45) is 8.77. The van der Waals surface area contributed by atoms with Crippen molar-refractivity contribution in [1.29, 1.82) is 0 Å². The van der Waals surface area contributed by atoms with E-state index in [0.29, 0.717) is 0 Å². The van der Waals surface area contributed by atoms with Crippen LogP contribution < -0.4 is 10.2 Å². The molecule has 1 N–H and O–H groups in total. The minimum atomic E-state index is 0.826. The van der Waals surface area contributed by atoms with Gasteiger partial charge in [-0.25, -0.2) is 0 Å². The standard InChI is InChI=1S/C14H21N5/c1-4-5-16-13-6-14(9-15-8-13)18(2)10-12-7-17-19(3)11-12/h6-9,11,16H,4-5,10H2,1-3H3. The normalized spacial score (nSPS) is 10.5. The van der Waals surface area contributed by atoms with Gasteiger partial charge in [-0.15, -0.1) is 0 Å². The fraction of sp³-hybridized carbons (Fsp3) is 0.429. The summed E-state index contributed by atoms with van der Waals surface area (Å²) in [5.41, 5.74) is 3.36. The Labute approximate surface area is 114 Å². The molecule has 2 aromatic heterocycles. The van der Waals surface area contributed by atoms with Crippen molar-refractivity contribution in [3.63, 3.8) is 0 Å². The van der Waals surface area contributed by atoms with Crippen molar-refractivity contribution in [3.8, 4) is 0 Å². The zero-order chi connectivity index (χ0) is 13.7. The fourth-order valence-electron chi connectivity index (χ4n) is 1.92. The molecule has 0 aliphatic rings. The highest BCUT2D eigenvalue weighted by atomic mass is 15.2. The van der Waals surface area contributed by atoms with Gasteiger partial charge >= 0.3 is 0 Å². The molecule has 0 unspecified atom stereocenters. The quantitative estimate of drug-likeness (QED) is 0.864. The molecule has 5 nitrogen and oxygen atoms in total. The van der Waals surface area contributed by atoms with Gasteiger partial charge in [-0.05, 0) is 12.5 Å². The first kappa shape index (κ1) is 13.4. The molecule has 0 radical (unpaired) electrons. The number of nitrogens with one attached hydrogen (secondary N) is 1. The summed E-state index contributed by atoms with van der Waals surface area (Å²) in [5, 5.41) is 7.54. The van der Waals surface area contributed by atoms with E-state index in [0.717, 1.165) is 30.9 Å². The minimum Gasteiger partial charge on any atom is -0.384 e. The molecule has 2 rings (SSSR count). The second-order valence-electron chi connectivity index (χ2n) is 4.74. The van der Waals surface area contributed by atoms with Gasteiger partial charge in [0, 0.05) is 38.9 Å². The second-order valence-corrected chi connectivity index (χ2v) is 4.74. The van der Waals surface area contributed by atoms with Crippen molar-refractivity contribution in [2.75, 3.05) is 23.8 Å². The van der Waals surface area contributed by atoms with Crippen LogP contribution in [0.2, 0.25) is 0 Å². The first-order chi connectivity index (χ1) is 9.19. The van der Waals surface area contributed by atoms with E-state index in [1.807, 2.05) is 36.5 Å². The van der Waals surface area contributed by atoms with Crippen LogP contribution in [-0.4, -0.2) is 28.4 Å². The molecule has 5 heteroatoms. The SMILES string of the molecule is CCCNc1cncc(N(C)Cc2cnn(C)c2)c1. The van der Waals surface area contributed by atoms with E-state index in [1.165, 1.54) is 5.56 Å². The maximum Gasteiger partial charge on any atom is 0.0573 e. The molecule has 0 bridgehead atoms. The maximum atomic E-state index is 4.28. The minimum absolute atomic E-state index is 0.826. The molecule has 102 valence electrons. The summed E-state index contributed by atoms with van der Waals surface area (Å²) in [6.45, 7) is 3.95.